The van der Waals surface area contributed by atoms with Crippen LogP contribution in [0.1, 0.15) is 5.82 Å². The van der Waals surface area contributed by atoms with Crippen LogP contribution in [0.4, 0.5) is 5.69 Å². The van der Waals surface area contributed by atoms with Crippen LogP contribution in [0.25, 0.3) is 0 Å². The number of nitrogens with zero attached hydrogens (tertiary/aromatic N) is 3. The van der Waals surface area contributed by atoms with Gasteiger partial charge in [0, 0.05) is 22.6 Å². The van der Waals surface area contributed by atoms with E-state index < -0.39 is 0 Å². The minimum atomic E-state index is -0.203. The number of thioether (sulfide) groups is 1. The molecule has 0 bridgehead atoms. The normalized spacial score (nSPS) is 10.8. The van der Waals surface area contributed by atoms with Gasteiger partial charge in [0.25, 0.3) is 0 Å². The van der Waals surface area contributed by atoms with Crippen LogP contribution in [-0.4, -0.2) is 26.4 Å². The van der Waals surface area contributed by atoms with Crippen molar-refractivity contribution in [1.29, 1.82) is 0 Å². The van der Waals surface area contributed by atoms with Gasteiger partial charge in [-0.15, -0.1) is 10.2 Å². The van der Waals surface area contributed by atoms with E-state index in [1.807, 2.05) is 0 Å². The van der Waals surface area contributed by atoms with Gasteiger partial charge in [-0.05, 0) is 30.3 Å². The van der Waals surface area contributed by atoms with Crippen molar-refractivity contribution in [3.05, 3.63) is 61.8 Å². The van der Waals surface area contributed by atoms with Crippen LogP contribution < -0.4 is 10.1 Å². The van der Waals surface area contributed by atoms with Crippen LogP contribution in [0.2, 0.25) is 15.1 Å². The number of rotatable bonds is 7. The minimum Gasteiger partial charge on any atom is -0.484 e. The lowest BCUT2D eigenvalue weighted by molar-refractivity contribution is -0.113. The van der Waals surface area contributed by atoms with Crippen molar-refractivity contribution in [2.75, 3.05) is 11.1 Å². The summed E-state index contributed by atoms with van der Waals surface area (Å²) in [6, 6.07) is 10.2. The maximum atomic E-state index is 12.2. The number of aromatic nitrogens is 3. The van der Waals surface area contributed by atoms with Crippen LogP contribution in [0.3, 0.4) is 0 Å². The SMILES string of the molecule is Cn1c(COc2cc(Cl)ccc2Cl)nnc1SCC(=O)Nc1ccc(Br)cc1Cl. The van der Waals surface area contributed by atoms with E-state index in [1.165, 1.54) is 11.8 Å². The molecular weight excluding hydrogens is 523 g/mol. The number of anilines is 1. The third kappa shape index (κ3) is 6.02. The summed E-state index contributed by atoms with van der Waals surface area (Å²) in [5.74, 6) is 0.993. The maximum Gasteiger partial charge on any atom is 0.234 e. The molecule has 2 aromatic carbocycles. The number of halogens is 4. The summed E-state index contributed by atoms with van der Waals surface area (Å²) < 4.78 is 8.27. The van der Waals surface area contributed by atoms with E-state index in [9.17, 15) is 4.79 Å². The van der Waals surface area contributed by atoms with Gasteiger partial charge < -0.3 is 14.6 Å². The zero-order valence-electron chi connectivity index (χ0n) is 15.0. The Morgan fingerprint density at radius 3 is 2.72 bits per heavy atom. The fraction of sp³-hybridized carbons (Fsp3) is 0.167. The van der Waals surface area contributed by atoms with E-state index in [0.717, 1.165) is 4.47 Å². The maximum absolute atomic E-state index is 12.2. The number of nitrogens with one attached hydrogen (secondary N) is 1. The van der Waals surface area contributed by atoms with E-state index in [-0.39, 0.29) is 18.3 Å². The third-order valence-electron chi connectivity index (χ3n) is 3.71. The van der Waals surface area contributed by atoms with E-state index in [0.29, 0.717) is 37.5 Å². The summed E-state index contributed by atoms with van der Waals surface area (Å²) in [6.07, 6.45) is 0. The van der Waals surface area contributed by atoms with Gasteiger partial charge in [0.1, 0.15) is 12.4 Å². The molecule has 0 radical (unpaired) electrons. The first-order chi connectivity index (χ1) is 13.8. The molecule has 3 aromatic rings. The Bertz CT molecular complexity index is 1050. The zero-order chi connectivity index (χ0) is 21.0. The molecule has 1 aromatic heterocycles. The number of ether oxygens (including phenoxy) is 1. The quantitative estimate of drug-likeness (QED) is 0.384. The van der Waals surface area contributed by atoms with Gasteiger partial charge in [-0.1, -0.05) is 62.5 Å². The van der Waals surface area contributed by atoms with Gasteiger partial charge in [-0.2, -0.15) is 0 Å². The van der Waals surface area contributed by atoms with Crippen LogP contribution in [0, 0.1) is 0 Å². The Morgan fingerprint density at radius 2 is 1.97 bits per heavy atom. The minimum absolute atomic E-state index is 0.152. The highest BCUT2D eigenvalue weighted by atomic mass is 79.9. The lowest BCUT2D eigenvalue weighted by atomic mass is 10.3. The molecule has 0 unspecified atom stereocenters. The molecule has 1 N–H and O–H groups in total. The highest BCUT2D eigenvalue weighted by Crippen LogP contribution is 2.29. The smallest absolute Gasteiger partial charge is 0.234 e. The first kappa shape index (κ1) is 22.2. The first-order valence-electron chi connectivity index (χ1n) is 8.17. The highest BCUT2D eigenvalue weighted by Gasteiger charge is 2.14. The molecule has 3 rings (SSSR count). The van der Waals surface area contributed by atoms with E-state index in [2.05, 4.69) is 31.4 Å². The zero-order valence-corrected chi connectivity index (χ0v) is 19.6. The fourth-order valence-electron chi connectivity index (χ4n) is 2.23. The molecule has 0 atom stereocenters. The molecule has 29 heavy (non-hydrogen) atoms. The molecule has 0 aliphatic carbocycles. The van der Waals surface area contributed by atoms with Gasteiger partial charge in [0.2, 0.25) is 5.91 Å². The summed E-state index contributed by atoms with van der Waals surface area (Å²) in [6.45, 7) is 0.158. The molecule has 152 valence electrons. The van der Waals surface area contributed by atoms with Crippen molar-refractivity contribution in [2.45, 2.75) is 11.8 Å². The van der Waals surface area contributed by atoms with Crippen LogP contribution >= 0.6 is 62.5 Å². The molecule has 0 fully saturated rings. The summed E-state index contributed by atoms with van der Waals surface area (Å²) in [5.41, 5.74) is 0.547. The lowest BCUT2D eigenvalue weighted by Crippen LogP contribution is -2.15. The summed E-state index contributed by atoms with van der Waals surface area (Å²) in [5, 5.41) is 13.0. The van der Waals surface area contributed by atoms with Gasteiger partial charge in [-0.25, -0.2) is 0 Å². The first-order valence-corrected chi connectivity index (χ1v) is 11.1. The topological polar surface area (TPSA) is 69.0 Å². The Kier molecular flexibility index (Phi) is 7.70. The van der Waals surface area contributed by atoms with E-state index >= 15 is 0 Å². The Hall–Kier alpha value is -1.45. The van der Waals surface area contributed by atoms with Crippen molar-refractivity contribution in [3.63, 3.8) is 0 Å². The molecule has 0 saturated carbocycles. The fourth-order valence-corrected chi connectivity index (χ4v) is 4.02. The van der Waals surface area contributed by atoms with Crippen LogP contribution in [0.5, 0.6) is 5.75 Å². The predicted octanol–water partition coefficient (Wildman–Crippen LogP) is 5.85. The van der Waals surface area contributed by atoms with E-state index in [4.69, 9.17) is 39.5 Å². The molecule has 0 aliphatic heterocycles. The monoisotopic (exact) mass is 534 g/mol. The lowest BCUT2D eigenvalue weighted by Gasteiger charge is -2.09. The van der Waals surface area contributed by atoms with E-state index in [1.54, 1.807) is 48.0 Å². The summed E-state index contributed by atoms with van der Waals surface area (Å²) >= 11 is 22.7. The Labute approximate surface area is 195 Å². The highest BCUT2D eigenvalue weighted by molar-refractivity contribution is 9.10. The number of carbonyl (C=O) groups is 1. The van der Waals surface area contributed by atoms with Gasteiger partial charge in [-0.3, -0.25) is 4.79 Å². The number of amides is 1. The number of hydrogen-bond donors (Lipinski definition) is 1. The van der Waals surface area contributed by atoms with Crippen molar-refractivity contribution in [3.8, 4) is 5.75 Å². The Balaban J connectivity index is 1.56. The second kappa shape index (κ2) is 10.0. The van der Waals surface area contributed by atoms with Gasteiger partial charge in [0.05, 0.1) is 21.5 Å². The molecule has 6 nitrogen and oxygen atoms in total. The number of hydrogen-bond acceptors (Lipinski definition) is 5. The van der Waals surface area contributed by atoms with Crippen molar-refractivity contribution in [2.24, 2.45) is 7.05 Å². The molecule has 1 heterocycles. The van der Waals surface area contributed by atoms with Crippen molar-refractivity contribution >= 4 is 74.1 Å². The van der Waals surface area contributed by atoms with Crippen LogP contribution in [0.15, 0.2) is 46.0 Å². The molecular formula is C18H14BrCl3N4O2S. The number of benzene rings is 2. The van der Waals surface area contributed by atoms with Gasteiger partial charge in [0.15, 0.2) is 11.0 Å². The molecule has 0 spiro atoms. The second-order valence-electron chi connectivity index (χ2n) is 5.78. The van der Waals surface area contributed by atoms with Gasteiger partial charge >= 0.3 is 0 Å². The van der Waals surface area contributed by atoms with Crippen molar-refractivity contribution < 1.29 is 9.53 Å². The molecule has 0 aliphatic rings. The predicted molar refractivity (Wildman–Crippen MR) is 120 cm³/mol. The van der Waals surface area contributed by atoms with Crippen LogP contribution in [-0.2, 0) is 18.4 Å². The summed E-state index contributed by atoms with van der Waals surface area (Å²) in [7, 11) is 1.80. The molecule has 11 heteroatoms. The standard InChI is InChI=1S/C18H14BrCl3N4O2S/c1-26-16(8-28-15-7-11(20)3-4-12(15)21)24-25-18(26)29-9-17(27)23-14-5-2-10(19)6-13(14)22/h2-7H,8-9H2,1H3,(H,23,27). The molecule has 1 amide bonds. The molecule has 0 saturated heterocycles. The average molecular weight is 537 g/mol. The third-order valence-corrected chi connectivity index (χ3v) is 6.09. The van der Waals surface area contributed by atoms with Crippen molar-refractivity contribution in [1.82, 2.24) is 14.8 Å². The Morgan fingerprint density at radius 1 is 1.17 bits per heavy atom. The second-order valence-corrected chi connectivity index (χ2v) is 8.89. The largest absolute Gasteiger partial charge is 0.484 e. The average Bonchev–Trinajstić information content (AvgIpc) is 3.03. The summed E-state index contributed by atoms with van der Waals surface area (Å²) in [4.78, 5) is 12.2. The number of carbonyl (C=O) groups excluding carboxylic acids is 1.